The van der Waals surface area contributed by atoms with Crippen LogP contribution in [0.1, 0.15) is 12.5 Å². The van der Waals surface area contributed by atoms with Crippen LogP contribution in [0.3, 0.4) is 0 Å². The number of ether oxygens (including phenoxy) is 1. The minimum Gasteiger partial charge on any atom is -0.468 e. The van der Waals surface area contributed by atoms with Gasteiger partial charge in [0.05, 0.1) is 7.11 Å². The molecule has 17 heavy (non-hydrogen) atoms. The summed E-state index contributed by atoms with van der Waals surface area (Å²) in [4.78, 5) is 22.7. The van der Waals surface area contributed by atoms with Crippen LogP contribution in [0.5, 0.6) is 0 Å². The fourth-order valence-electron chi connectivity index (χ4n) is 1.44. The van der Waals surface area contributed by atoms with Crippen LogP contribution in [-0.2, 0) is 20.7 Å². The van der Waals surface area contributed by atoms with E-state index in [0.717, 1.165) is 6.07 Å². The summed E-state index contributed by atoms with van der Waals surface area (Å²) in [5.74, 6) is -2.28. The van der Waals surface area contributed by atoms with Gasteiger partial charge in [-0.05, 0) is 31.0 Å². The smallest absolute Gasteiger partial charge is 0.316 e. The number of rotatable bonds is 4. The maximum Gasteiger partial charge on any atom is 0.316 e. The van der Waals surface area contributed by atoms with Gasteiger partial charge in [-0.25, -0.2) is 4.39 Å². The van der Waals surface area contributed by atoms with Crippen molar-refractivity contribution in [2.24, 2.45) is 5.92 Å². The molecule has 5 heteroatoms. The van der Waals surface area contributed by atoms with Crippen molar-refractivity contribution in [2.75, 3.05) is 7.11 Å². The third-order valence-corrected chi connectivity index (χ3v) is 2.77. The first-order valence-electron chi connectivity index (χ1n) is 4.98. The van der Waals surface area contributed by atoms with Gasteiger partial charge in [-0.2, -0.15) is 0 Å². The molecule has 0 saturated heterocycles. The zero-order valence-corrected chi connectivity index (χ0v) is 10.3. The normalized spacial score (nSPS) is 12.0. The summed E-state index contributed by atoms with van der Waals surface area (Å²) in [6.07, 6.45) is 0.112. The van der Waals surface area contributed by atoms with E-state index in [2.05, 4.69) is 4.74 Å². The lowest BCUT2D eigenvalue weighted by Gasteiger charge is -2.12. The van der Waals surface area contributed by atoms with Crippen molar-refractivity contribution < 1.29 is 18.7 Å². The van der Waals surface area contributed by atoms with Crippen molar-refractivity contribution in [3.8, 4) is 0 Å². The SMILES string of the molecule is COC(=O)C(Cc1ccc(F)cc1Cl)C(C)=O. The van der Waals surface area contributed by atoms with Crippen LogP contribution in [0, 0.1) is 11.7 Å². The third-order valence-electron chi connectivity index (χ3n) is 2.42. The van der Waals surface area contributed by atoms with Crippen LogP contribution < -0.4 is 0 Å². The van der Waals surface area contributed by atoms with Gasteiger partial charge in [-0.1, -0.05) is 17.7 Å². The Labute approximate surface area is 104 Å². The molecule has 1 rings (SSSR count). The van der Waals surface area contributed by atoms with Gasteiger partial charge in [0, 0.05) is 5.02 Å². The van der Waals surface area contributed by atoms with E-state index in [0.29, 0.717) is 5.56 Å². The number of carbonyl (C=O) groups excluding carboxylic acids is 2. The molecule has 0 bridgehead atoms. The number of halogens is 2. The highest BCUT2D eigenvalue weighted by Gasteiger charge is 2.25. The highest BCUT2D eigenvalue weighted by molar-refractivity contribution is 6.31. The number of esters is 1. The fourth-order valence-corrected chi connectivity index (χ4v) is 1.69. The second-order valence-electron chi connectivity index (χ2n) is 3.63. The number of benzene rings is 1. The molecule has 1 atom stereocenters. The first-order valence-corrected chi connectivity index (χ1v) is 5.35. The van der Waals surface area contributed by atoms with Crippen LogP contribution in [0.15, 0.2) is 18.2 Å². The maximum atomic E-state index is 12.8. The molecule has 0 aliphatic heterocycles. The molecule has 0 fully saturated rings. The molecule has 0 aliphatic carbocycles. The molecule has 0 aromatic heterocycles. The molecule has 92 valence electrons. The van der Waals surface area contributed by atoms with Crippen LogP contribution in [0.25, 0.3) is 0 Å². The second-order valence-corrected chi connectivity index (χ2v) is 4.03. The average Bonchev–Trinajstić information content (AvgIpc) is 2.26. The van der Waals surface area contributed by atoms with Crippen LogP contribution >= 0.6 is 11.6 Å². The van der Waals surface area contributed by atoms with Crippen LogP contribution in [0.4, 0.5) is 4.39 Å². The molecule has 0 amide bonds. The van der Waals surface area contributed by atoms with E-state index in [1.807, 2.05) is 0 Å². The lowest BCUT2D eigenvalue weighted by atomic mass is 9.96. The molecule has 1 aromatic rings. The molecule has 0 aliphatic rings. The molecule has 1 aromatic carbocycles. The van der Waals surface area contributed by atoms with Crippen molar-refractivity contribution in [3.05, 3.63) is 34.6 Å². The summed E-state index contributed by atoms with van der Waals surface area (Å²) in [5, 5.41) is 0.195. The van der Waals surface area contributed by atoms with Crippen LogP contribution in [0.2, 0.25) is 5.02 Å². The van der Waals surface area contributed by atoms with Gasteiger partial charge in [0.1, 0.15) is 17.5 Å². The molecule has 0 spiro atoms. The molecule has 0 radical (unpaired) electrons. The lowest BCUT2D eigenvalue weighted by molar-refractivity contribution is -0.148. The van der Waals surface area contributed by atoms with E-state index in [1.54, 1.807) is 0 Å². The minimum atomic E-state index is -0.900. The number of ketones is 1. The Bertz CT molecular complexity index is 445. The van der Waals surface area contributed by atoms with Crippen LogP contribution in [-0.4, -0.2) is 18.9 Å². The topological polar surface area (TPSA) is 43.4 Å². The molecule has 3 nitrogen and oxygen atoms in total. The summed E-state index contributed by atoms with van der Waals surface area (Å²) in [6.45, 7) is 1.30. The quantitative estimate of drug-likeness (QED) is 0.615. The van der Waals surface area contributed by atoms with Gasteiger partial charge in [0.15, 0.2) is 0 Å². The van der Waals surface area contributed by atoms with Crippen molar-refractivity contribution in [1.82, 2.24) is 0 Å². The number of Topliss-reactive ketones (excluding diaryl/α,β-unsaturated/α-hetero) is 1. The van der Waals surface area contributed by atoms with Gasteiger partial charge < -0.3 is 4.74 Å². The minimum absolute atomic E-state index is 0.112. The largest absolute Gasteiger partial charge is 0.468 e. The van der Waals surface area contributed by atoms with E-state index in [-0.39, 0.29) is 17.2 Å². The van der Waals surface area contributed by atoms with Crippen molar-refractivity contribution in [2.45, 2.75) is 13.3 Å². The van der Waals surface area contributed by atoms with Gasteiger partial charge >= 0.3 is 5.97 Å². The van der Waals surface area contributed by atoms with E-state index in [9.17, 15) is 14.0 Å². The fraction of sp³-hybridized carbons (Fsp3) is 0.333. The van der Waals surface area contributed by atoms with Crippen molar-refractivity contribution >= 4 is 23.4 Å². The Morgan fingerprint density at radius 2 is 2.12 bits per heavy atom. The number of hydrogen-bond acceptors (Lipinski definition) is 3. The highest BCUT2D eigenvalue weighted by Crippen LogP contribution is 2.21. The summed E-state index contributed by atoms with van der Waals surface area (Å²) in [5.41, 5.74) is 0.540. The van der Waals surface area contributed by atoms with Gasteiger partial charge in [-0.3, -0.25) is 9.59 Å². The Morgan fingerprint density at radius 1 is 1.47 bits per heavy atom. The van der Waals surface area contributed by atoms with Gasteiger partial charge in [-0.15, -0.1) is 0 Å². The monoisotopic (exact) mass is 258 g/mol. The van der Waals surface area contributed by atoms with Gasteiger partial charge in [0.2, 0.25) is 0 Å². The van der Waals surface area contributed by atoms with E-state index in [1.165, 1.54) is 26.2 Å². The van der Waals surface area contributed by atoms with E-state index >= 15 is 0 Å². The number of carbonyl (C=O) groups is 2. The molecule has 0 heterocycles. The predicted molar refractivity (Wildman–Crippen MR) is 61.3 cm³/mol. The molecular formula is C12H12ClFO3. The Morgan fingerprint density at radius 3 is 2.59 bits per heavy atom. The zero-order chi connectivity index (χ0) is 13.0. The third kappa shape index (κ3) is 3.53. The Balaban J connectivity index is 2.94. The number of hydrogen-bond donors (Lipinski definition) is 0. The standard InChI is InChI=1S/C12H12ClFO3/c1-7(15)10(12(16)17-2)5-8-3-4-9(14)6-11(8)13/h3-4,6,10H,5H2,1-2H3. The Hall–Kier alpha value is -1.42. The first kappa shape index (κ1) is 13.6. The average molecular weight is 259 g/mol. The molecule has 0 saturated carbocycles. The summed E-state index contributed by atoms with van der Waals surface area (Å²) >= 11 is 5.82. The molecular weight excluding hydrogens is 247 g/mol. The van der Waals surface area contributed by atoms with Gasteiger partial charge in [0.25, 0.3) is 0 Å². The summed E-state index contributed by atoms with van der Waals surface area (Å²) < 4.78 is 17.4. The summed E-state index contributed by atoms with van der Waals surface area (Å²) in [6, 6.07) is 3.83. The van der Waals surface area contributed by atoms with Crippen molar-refractivity contribution in [1.29, 1.82) is 0 Å². The lowest BCUT2D eigenvalue weighted by Crippen LogP contribution is -2.25. The van der Waals surface area contributed by atoms with E-state index < -0.39 is 17.7 Å². The zero-order valence-electron chi connectivity index (χ0n) is 9.50. The first-order chi connectivity index (χ1) is 7.95. The maximum absolute atomic E-state index is 12.8. The van der Waals surface area contributed by atoms with E-state index in [4.69, 9.17) is 11.6 Å². The number of methoxy groups -OCH3 is 1. The Kier molecular flexibility index (Phi) is 4.63. The predicted octanol–water partition coefficient (Wildman–Crippen LogP) is 2.40. The van der Waals surface area contributed by atoms with Crippen molar-refractivity contribution in [3.63, 3.8) is 0 Å². The molecule has 1 unspecified atom stereocenters. The molecule has 0 N–H and O–H groups in total. The second kappa shape index (κ2) is 5.77. The highest BCUT2D eigenvalue weighted by atomic mass is 35.5. The summed E-state index contributed by atoms with van der Waals surface area (Å²) in [7, 11) is 1.21.